The van der Waals surface area contributed by atoms with E-state index in [0.29, 0.717) is 13.2 Å². The summed E-state index contributed by atoms with van der Waals surface area (Å²) in [6, 6.07) is 1.69. The maximum Gasteiger partial charge on any atom is 0.335 e. The second-order valence-electron chi connectivity index (χ2n) is 3.28. The molecule has 104 valence electrons. The van der Waals surface area contributed by atoms with Crippen molar-refractivity contribution in [1.29, 1.82) is 0 Å². The van der Waals surface area contributed by atoms with Crippen molar-refractivity contribution in [2.45, 2.75) is 0 Å². The normalized spacial score (nSPS) is 9.05. The standard InChI is InChI=1S/C7H6O5.C6H10O/c8-4-1-3(7(11)12)2-5(9)6(4)10;1-3-5-7-6-4-2/h1-2,8-10H,(H,11,12);3-4H,1-2,5-6H2. The first-order valence-electron chi connectivity index (χ1n) is 5.21. The van der Waals surface area contributed by atoms with Crippen molar-refractivity contribution in [3.8, 4) is 17.2 Å². The Labute approximate surface area is 110 Å². The van der Waals surface area contributed by atoms with E-state index in [4.69, 9.17) is 25.2 Å². The first kappa shape index (κ1) is 16.5. The third kappa shape index (κ3) is 6.13. The smallest absolute Gasteiger partial charge is 0.335 e. The molecule has 0 bridgehead atoms. The first-order valence-corrected chi connectivity index (χ1v) is 5.21. The maximum atomic E-state index is 10.3. The highest BCUT2D eigenvalue weighted by atomic mass is 16.5. The number of carbonyl (C=O) groups is 1. The summed E-state index contributed by atoms with van der Waals surface area (Å²) in [5.74, 6) is -3.33. The van der Waals surface area contributed by atoms with Crippen LogP contribution in [0.5, 0.6) is 17.2 Å². The van der Waals surface area contributed by atoms with E-state index in [-0.39, 0.29) is 5.56 Å². The molecule has 0 aromatic heterocycles. The molecule has 6 nitrogen and oxygen atoms in total. The minimum Gasteiger partial charge on any atom is -0.504 e. The third-order valence-electron chi connectivity index (χ3n) is 1.79. The lowest BCUT2D eigenvalue weighted by Gasteiger charge is -2.01. The molecule has 0 fully saturated rings. The van der Waals surface area contributed by atoms with Gasteiger partial charge in [-0.1, -0.05) is 12.2 Å². The lowest BCUT2D eigenvalue weighted by atomic mass is 10.2. The minimum atomic E-state index is -1.29. The summed E-state index contributed by atoms with van der Waals surface area (Å²) >= 11 is 0. The van der Waals surface area contributed by atoms with Crippen molar-refractivity contribution in [2.75, 3.05) is 13.2 Å². The van der Waals surface area contributed by atoms with Crippen LogP contribution < -0.4 is 0 Å². The molecule has 0 saturated carbocycles. The van der Waals surface area contributed by atoms with Crippen LogP contribution in [0.1, 0.15) is 10.4 Å². The Morgan fingerprint density at radius 2 is 1.53 bits per heavy atom. The molecular weight excluding hydrogens is 252 g/mol. The number of carboxylic acid groups (broad SMARTS) is 1. The van der Waals surface area contributed by atoms with Crippen molar-refractivity contribution in [2.24, 2.45) is 0 Å². The second-order valence-corrected chi connectivity index (χ2v) is 3.28. The van der Waals surface area contributed by atoms with Gasteiger partial charge in [0.15, 0.2) is 17.2 Å². The fraction of sp³-hybridized carbons (Fsp3) is 0.154. The molecule has 0 unspecified atom stereocenters. The van der Waals surface area contributed by atoms with Crippen LogP contribution in [0.4, 0.5) is 0 Å². The van der Waals surface area contributed by atoms with E-state index >= 15 is 0 Å². The van der Waals surface area contributed by atoms with Gasteiger partial charge in [-0.2, -0.15) is 0 Å². The predicted octanol–water partition coefficient (Wildman–Crippen LogP) is 1.88. The molecule has 1 aromatic carbocycles. The van der Waals surface area contributed by atoms with Crippen LogP contribution in [-0.4, -0.2) is 39.6 Å². The van der Waals surface area contributed by atoms with Gasteiger partial charge in [0, 0.05) is 0 Å². The van der Waals surface area contributed by atoms with E-state index < -0.39 is 23.2 Å². The second kappa shape index (κ2) is 8.60. The number of benzene rings is 1. The first-order chi connectivity index (χ1) is 8.93. The van der Waals surface area contributed by atoms with Crippen LogP contribution in [0.25, 0.3) is 0 Å². The monoisotopic (exact) mass is 268 g/mol. The number of carboxylic acids is 1. The van der Waals surface area contributed by atoms with Gasteiger partial charge in [0.2, 0.25) is 0 Å². The zero-order valence-corrected chi connectivity index (χ0v) is 10.2. The van der Waals surface area contributed by atoms with Crippen LogP contribution in [0.2, 0.25) is 0 Å². The van der Waals surface area contributed by atoms with Crippen molar-refractivity contribution >= 4 is 5.97 Å². The van der Waals surface area contributed by atoms with Gasteiger partial charge < -0.3 is 25.2 Å². The average Bonchev–Trinajstić information content (AvgIpc) is 2.36. The molecule has 0 aliphatic rings. The molecule has 0 spiro atoms. The average molecular weight is 268 g/mol. The molecule has 0 aliphatic heterocycles. The molecule has 0 heterocycles. The van der Waals surface area contributed by atoms with E-state index in [9.17, 15) is 4.79 Å². The summed E-state index contributed by atoms with van der Waals surface area (Å²) in [7, 11) is 0. The Morgan fingerprint density at radius 3 is 1.84 bits per heavy atom. The SMILES string of the molecule is C=CCOCC=C.O=C(O)c1cc(O)c(O)c(O)c1. The summed E-state index contributed by atoms with van der Waals surface area (Å²) in [6.07, 6.45) is 3.42. The molecule has 6 heteroatoms. The molecule has 0 saturated heterocycles. The summed E-state index contributed by atoms with van der Waals surface area (Å²) < 4.78 is 4.90. The Kier molecular flexibility index (Phi) is 7.48. The number of aromatic hydroxyl groups is 3. The van der Waals surface area contributed by atoms with Crippen LogP contribution in [-0.2, 0) is 4.74 Å². The molecule has 0 amide bonds. The van der Waals surface area contributed by atoms with Gasteiger partial charge in [0.25, 0.3) is 0 Å². The summed E-state index contributed by atoms with van der Waals surface area (Å²) in [5.41, 5.74) is -0.289. The van der Waals surface area contributed by atoms with E-state index in [2.05, 4.69) is 13.2 Å². The van der Waals surface area contributed by atoms with Crippen molar-refractivity contribution in [1.82, 2.24) is 0 Å². The highest BCUT2D eigenvalue weighted by Gasteiger charge is 2.11. The zero-order valence-electron chi connectivity index (χ0n) is 10.2. The van der Waals surface area contributed by atoms with Gasteiger partial charge in [-0.3, -0.25) is 0 Å². The number of phenols is 3. The lowest BCUT2D eigenvalue weighted by molar-refractivity contribution is 0.0696. The summed E-state index contributed by atoms with van der Waals surface area (Å²) in [6.45, 7) is 8.18. The lowest BCUT2D eigenvalue weighted by Crippen LogP contribution is -1.95. The van der Waals surface area contributed by atoms with Gasteiger partial charge in [-0.15, -0.1) is 13.2 Å². The van der Waals surface area contributed by atoms with E-state index in [1.807, 2.05) is 0 Å². The van der Waals surface area contributed by atoms with E-state index in [0.717, 1.165) is 12.1 Å². The Bertz CT molecular complexity index is 421. The largest absolute Gasteiger partial charge is 0.504 e. The van der Waals surface area contributed by atoms with Crippen molar-refractivity contribution in [3.05, 3.63) is 43.0 Å². The van der Waals surface area contributed by atoms with Crippen molar-refractivity contribution in [3.63, 3.8) is 0 Å². The quantitative estimate of drug-likeness (QED) is 0.369. The van der Waals surface area contributed by atoms with E-state index in [1.165, 1.54) is 0 Å². The Hall–Kier alpha value is -2.47. The topological polar surface area (TPSA) is 107 Å². The predicted molar refractivity (Wildman–Crippen MR) is 69.6 cm³/mol. The van der Waals surface area contributed by atoms with Gasteiger partial charge in [0.05, 0.1) is 18.8 Å². The number of ether oxygens (including phenoxy) is 1. The molecule has 1 aromatic rings. The van der Waals surface area contributed by atoms with E-state index in [1.54, 1.807) is 12.2 Å². The minimum absolute atomic E-state index is 0.289. The van der Waals surface area contributed by atoms with Crippen LogP contribution in [0, 0.1) is 0 Å². The molecule has 1 rings (SSSR count). The number of aromatic carboxylic acids is 1. The fourth-order valence-corrected chi connectivity index (χ4v) is 0.962. The third-order valence-corrected chi connectivity index (χ3v) is 1.79. The molecule has 0 atom stereocenters. The van der Waals surface area contributed by atoms with Crippen LogP contribution in [0.3, 0.4) is 0 Å². The summed E-state index contributed by atoms with van der Waals surface area (Å²) in [5, 5.41) is 35.0. The van der Waals surface area contributed by atoms with Crippen LogP contribution >= 0.6 is 0 Å². The van der Waals surface area contributed by atoms with Gasteiger partial charge in [-0.05, 0) is 12.1 Å². The Morgan fingerprint density at radius 1 is 1.11 bits per heavy atom. The van der Waals surface area contributed by atoms with Gasteiger partial charge >= 0.3 is 5.97 Å². The maximum absolute atomic E-state index is 10.3. The van der Waals surface area contributed by atoms with Gasteiger partial charge in [-0.25, -0.2) is 4.79 Å². The molecule has 0 aliphatic carbocycles. The molecule has 4 N–H and O–H groups in total. The summed E-state index contributed by atoms with van der Waals surface area (Å²) in [4.78, 5) is 10.3. The molecular formula is C13H16O6. The Balaban J connectivity index is 0.000000399. The van der Waals surface area contributed by atoms with Crippen LogP contribution in [0.15, 0.2) is 37.4 Å². The fourth-order valence-electron chi connectivity index (χ4n) is 0.962. The number of rotatable bonds is 5. The van der Waals surface area contributed by atoms with Crippen molar-refractivity contribution < 1.29 is 30.0 Å². The molecule has 19 heavy (non-hydrogen) atoms. The number of hydrogen-bond acceptors (Lipinski definition) is 5. The highest BCUT2D eigenvalue weighted by molar-refractivity contribution is 5.89. The number of phenolic OH excluding ortho intramolecular Hbond substituents is 3. The highest BCUT2D eigenvalue weighted by Crippen LogP contribution is 2.35. The molecule has 0 radical (unpaired) electrons. The zero-order chi connectivity index (χ0) is 14.8. The van der Waals surface area contributed by atoms with Gasteiger partial charge in [0.1, 0.15) is 0 Å². The number of hydrogen-bond donors (Lipinski definition) is 4.